The topological polar surface area (TPSA) is 178 Å². The highest BCUT2D eigenvalue weighted by Crippen LogP contribution is 2.38. The van der Waals surface area contributed by atoms with Crippen LogP contribution in [0.1, 0.15) is 89.5 Å². The van der Waals surface area contributed by atoms with Crippen molar-refractivity contribution in [2.75, 3.05) is 94.4 Å². The molecule has 8 heterocycles. The van der Waals surface area contributed by atoms with Crippen LogP contribution in [0.15, 0.2) is 60.8 Å². The van der Waals surface area contributed by atoms with Crippen molar-refractivity contribution in [3.05, 3.63) is 78.0 Å². The number of carbonyl (C=O) groups excluding carboxylic acids is 4. The molecule has 0 radical (unpaired) electrons. The second-order valence-electron chi connectivity index (χ2n) is 20.3. The number of hydrogen-bond donors (Lipinski definition) is 3. The number of urea groups is 1. The first-order valence-corrected chi connectivity index (χ1v) is 27.2. The van der Waals surface area contributed by atoms with Crippen molar-refractivity contribution in [3.8, 4) is 29.6 Å². The van der Waals surface area contributed by atoms with E-state index in [2.05, 4.69) is 58.4 Å². The van der Waals surface area contributed by atoms with Gasteiger partial charge in [0.15, 0.2) is 5.82 Å². The standard InChI is InChI=1S/C26H21F2N5O.C15H18N4O3.C9H17NO.C8H17NO/c1-3-17-20(27)10-7-14-5-4-6-18(21(14)17)23-22(28)24-19(11-29-23)25(32-26(31-24)34-2)33-12-15-8-9-16(13-33)30-15;20-11-17-7-9-18(10-8-17)12-1-3-13(4-2-12)19-6-5-14(21)16-15(19)22;1-11-7-9-5-4-8-3-2-6-10(8)9;1-2-3-4-5-6-7-9-8-10/h1,4-7,10-11,15-16,30H,8-9,12-13H2,2H3;1-4,11H,5-10H2,(H,16,21,22);8-9H,2-7H2,1H3;8H,2-7H2,1H3,(H,9,10). The molecule has 410 valence electrons. The third-order valence-electron chi connectivity index (χ3n) is 15.4. The second-order valence-corrected chi connectivity index (χ2v) is 20.3. The number of unbranched alkanes of at least 4 members (excludes halogenated alkanes) is 4. The predicted molar refractivity (Wildman–Crippen MR) is 296 cm³/mol. The number of terminal acetylenes is 1. The fourth-order valence-electron chi connectivity index (χ4n) is 11.4. The SMILES string of the molecule is C#Cc1c(F)ccc2cccc(-c3ncc4c(N5CC6CCC(C5)N6)nc(OC)nc4c3F)c12.CCCCCCCNC=O.COCC1CCC2CCCN21.O=CN1CCN(c2ccc(N3CCC(=O)NC3=O)cc2)CC1. The van der Waals surface area contributed by atoms with Crippen molar-refractivity contribution in [2.24, 2.45) is 0 Å². The van der Waals surface area contributed by atoms with Crippen LogP contribution in [0.25, 0.3) is 32.9 Å². The Morgan fingerprint density at radius 3 is 2.29 bits per heavy atom. The van der Waals surface area contributed by atoms with Gasteiger partial charge in [-0.3, -0.25) is 34.5 Å². The Morgan fingerprint density at radius 2 is 1.60 bits per heavy atom. The number of carbonyl (C=O) groups is 4. The zero-order valence-corrected chi connectivity index (χ0v) is 44.7. The van der Waals surface area contributed by atoms with E-state index in [1.165, 1.54) is 71.1 Å². The number of nitrogens with zero attached hydrogens (tertiary/aromatic N) is 8. The Balaban J connectivity index is 0.000000155. The molecule has 6 saturated heterocycles. The predicted octanol–water partition coefficient (Wildman–Crippen LogP) is 7.43. The minimum Gasteiger partial charge on any atom is -0.467 e. The van der Waals surface area contributed by atoms with Crippen LogP contribution in [-0.2, 0) is 19.1 Å². The van der Waals surface area contributed by atoms with Crippen LogP contribution < -0.4 is 35.4 Å². The summed E-state index contributed by atoms with van der Waals surface area (Å²) in [6.45, 7) is 10.3. The third kappa shape index (κ3) is 13.8. The summed E-state index contributed by atoms with van der Waals surface area (Å²) in [5.41, 5.74) is 2.49. The van der Waals surface area contributed by atoms with Gasteiger partial charge in [-0.1, -0.05) is 62.8 Å². The number of nitrogens with one attached hydrogen (secondary N) is 3. The van der Waals surface area contributed by atoms with Gasteiger partial charge in [0.1, 0.15) is 22.8 Å². The average Bonchev–Trinajstić information content (AvgIpc) is 4.20. The molecule has 6 fully saturated rings. The van der Waals surface area contributed by atoms with Gasteiger partial charge in [-0.25, -0.2) is 13.6 Å². The summed E-state index contributed by atoms with van der Waals surface area (Å²) in [5, 5.41) is 10.2. The number of ether oxygens (including phenoxy) is 2. The lowest BCUT2D eigenvalue weighted by Crippen LogP contribution is -2.51. The van der Waals surface area contributed by atoms with Crippen molar-refractivity contribution in [3.63, 3.8) is 0 Å². The van der Waals surface area contributed by atoms with Crippen LogP contribution in [0.4, 0.5) is 30.8 Å². The Bertz CT molecular complexity index is 2850. The maximum absolute atomic E-state index is 16.1. The van der Waals surface area contributed by atoms with Gasteiger partial charge in [0.05, 0.1) is 24.7 Å². The third-order valence-corrected chi connectivity index (χ3v) is 15.4. The van der Waals surface area contributed by atoms with Crippen LogP contribution in [-0.4, -0.2) is 153 Å². The zero-order chi connectivity index (χ0) is 54.3. The lowest BCUT2D eigenvalue weighted by molar-refractivity contribution is -0.120. The van der Waals surface area contributed by atoms with Gasteiger partial charge in [0, 0.05) is 119 Å². The number of pyridine rings is 1. The van der Waals surface area contributed by atoms with Crippen LogP contribution in [0.3, 0.4) is 0 Å². The number of rotatable bonds is 15. The molecule has 0 aliphatic carbocycles. The highest BCUT2D eigenvalue weighted by molar-refractivity contribution is 6.06. The van der Waals surface area contributed by atoms with Crippen molar-refractivity contribution in [1.82, 2.24) is 40.7 Å². The fourth-order valence-corrected chi connectivity index (χ4v) is 11.4. The summed E-state index contributed by atoms with van der Waals surface area (Å²) in [4.78, 5) is 67.2. The molecule has 17 nitrogen and oxygen atoms in total. The molecule has 77 heavy (non-hydrogen) atoms. The first-order valence-electron chi connectivity index (χ1n) is 27.2. The Morgan fingerprint density at radius 1 is 0.844 bits per heavy atom. The van der Waals surface area contributed by atoms with E-state index in [0.717, 1.165) is 108 Å². The quantitative estimate of drug-likeness (QED) is 0.0537. The van der Waals surface area contributed by atoms with Gasteiger partial charge in [-0.05, 0) is 87.2 Å². The molecule has 0 spiro atoms. The number of imide groups is 1. The van der Waals surface area contributed by atoms with E-state index >= 15 is 4.39 Å². The average molecular weight is 1060 g/mol. The van der Waals surface area contributed by atoms with E-state index < -0.39 is 11.6 Å². The van der Waals surface area contributed by atoms with Crippen LogP contribution in [0.2, 0.25) is 0 Å². The molecule has 2 bridgehead atoms. The maximum atomic E-state index is 16.1. The zero-order valence-electron chi connectivity index (χ0n) is 44.7. The molecule has 2 aromatic heterocycles. The molecule has 19 heteroatoms. The van der Waals surface area contributed by atoms with Gasteiger partial charge in [0.2, 0.25) is 18.7 Å². The molecule has 5 amide bonds. The molecule has 5 aromatic rings. The highest BCUT2D eigenvalue weighted by Gasteiger charge is 2.37. The molecule has 6 aliphatic rings. The van der Waals surface area contributed by atoms with Gasteiger partial charge in [-0.2, -0.15) is 9.97 Å². The van der Waals surface area contributed by atoms with E-state index in [1.807, 2.05) is 31.4 Å². The molecule has 3 aromatic carbocycles. The molecular formula is C58H73F2N11O6. The van der Waals surface area contributed by atoms with Gasteiger partial charge in [0.25, 0.3) is 0 Å². The number of amides is 5. The summed E-state index contributed by atoms with van der Waals surface area (Å²) in [6.07, 6.45) is 23.2. The van der Waals surface area contributed by atoms with E-state index in [0.29, 0.717) is 52.6 Å². The van der Waals surface area contributed by atoms with Gasteiger partial charge in [-0.15, -0.1) is 6.42 Å². The number of methoxy groups -OCH3 is 2. The molecule has 3 N–H and O–H groups in total. The Hall–Kier alpha value is -7.01. The Labute approximate surface area is 450 Å². The van der Waals surface area contributed by atoms with Gasteiger partial charge >= 0.3 is 12.0 Å². The first kappa shape index (κ1) is 56.2. The summed E-state index contributed by atoms with van der Waals surface area (Å²) in [5.74, 6) is 1.61. The fraction of sp³-hybridized carbons (Fsp3) is 0.500. The van der Waals surface area contributed by atoms with Crippen LogP contribution in [0, 0.1) is 24.0 Å². The van der Waals surface area contributed by atoms with E-state index in [4.69, 9.17) is 15.9 Å². The lowest BCUT2D eigenvalue weighted by Gasteiger charge is -2.34. The van der Waals surface area contributed by atoms with Crippen LogP contribution in [0.5, 0.6) is 6.01 Å². The number of fused-ring (bicyclic) bond motifs is 5. The first-order chi connectivity index (χ1) is 37.6. The van der Waals surface area contributed by atoms with Crippen molar-refractivity contribution < 1.29 is 37.4 Å². The number of aromatic nitrogens is 3. The van der Waals surface area contributed by atoms with Crippen LogP contribution >= 0.6 is 0 Å². The molecule has 4 atom stereocenters. The summed E-state index contributed by atoms with van der Waals surface area (Å²) >= 11 is 0. The number of anilines is 3. The summed E-state index contributed by atoms with van der Waals surface area (Å²) in [7, 11) is 3.27. The number of halogens is 2. The van der Waals surface area contributed by atoms with Crippen molar-refractivity contribution >= 4 is 63.6 Å². The minimum absolute atomic E-state index is 0.0484. The maximum Gasteiger partial charge on any atom is 0.328 e. The molecule has 0 saturated carbocycles. The lowest BCUT2D eigenvalue weighted by atomic mass is 9.96. The monoisotopic (exact) mass is 1060 g/mol. The van der Waals surface area contributed by atoms with Gasteiger partial charge < -0.3 is 34.8 Å². The van der Waals surface area contributed by atoms with E-state index in [9.17, 15) is 23.6 Å². The number of hydrogen-bond acceptors (Lipinski definition) is 13. The normalized spacial score (nSPS) is 20.7. The summed E-state index contributed by atoms with van der Waals surface area (Å²) in [6, 6.07) is 18.0. The molecule has 6 aliphatic heterocycles. The Kier molecular flexibility index (Phi) is 20.0. The summed E-state index contributed by atoms with van der Waals surface area (Å²) < 4.78 is 41.1. The molecule has 4 unspecified atom stereocenters. The minimum atomic E-state index is -0.628. The molecule has 11 rings (SSSR count). The highest BCUT2D eigenvalue weighted by atomic mass is 19.1. The van der Waals surface area contributed by atoms with Crippen molar-refractivity contribution in [1.29, 1.82) is 0 Å². The van der Waals surface area contributed by atoms with E-state index in [1.54, 1.807) is 40.3 Å². The number of benzene rings is 3. The second kappa shape index (κ2) is 27.3. The van der Waals surface area contributed by atoms with Crippen molar-refractivity contribution in [2.45, 2.75) is 108 Å². The number of piperazine rings is 2. The largest absolute Gasteiger partial charge is 0.467 e. The van der Waals surface area contributed by atoms with E-state index in [-0.39, 0.29) is 34.7 Å². The smallest absolute Gasteiger partial charge is 0.328 e. The molecular weight excluding hydrogens is 985 g/mol.